The normalized spacial score (nSPS) is 19.7. The molecule has 1 aromatic rings. The Balaban J connectivity index is 1.58. The number of piperidine rings is 1. The fourth-order valence-electron chi connectivity index (χ4n) is 2.96. The first kappa shape index (κ1) is 14.5. The summed E-state index contributed by atoms with van der Waals surface area (Å²) in [6, 6.07) is 0.649. The third kappa shape index (κ3) is 4.62. The number of H-pyrrole nitrogens is 1. The van der Waals surface area contributed by atoms with E-state index in [1.54, 1.807) is 0 Å². The lowest BCUT2D eigenvalue weighted by atomic mass is 9.90. The van der Waals surface area contributed by atoms with E-state index in [0.29, 0.717) is 6.04 Å². The van der Waals surface area contributed by atoms with Crippen molar-refractivity contribution >= 4 is 0 Å². The average molecular weight is 264 g/mol. The second kappa shape index (κ2) is 7.65. The lowest BCUT2D eigenvalue weighted by Gasteiger charge is -2.34. The third-order valence-electron chi connectivity index (χ3n) is 4.40. The molecule has 0 saturated carbocycles. The Bertz CT molecular complexity index is 328. The fourth-order valence-corrected chi connectivity index (χ4v) is 2.96. The zero-order chi connectivity index (χ0) is 13.5. The molecule has 1 atom stereocenters. The Morgan fingerprint density at radius 1 is 1.47 bits per heavy atom. The van der Waals surface area contributed by atoms with Crippen molar-refractivity contribution in [2.24, 2.45) is 5.92 Å². The lowest BCUT2D eigenvalue weighted by molar-refractivity contribution is 0.169. The topological polar surface area (TPSA) is 44.0 Å². The Morgan fingerprint density at radius 2 is 2.26 bits per heavy atom. The van der Waals surface area contributed by atoms with Crippen LogP contribution in [0.25, 0.3) is 0 Å². The van der Waals surface area contributed by atoms with Gasteiger partial charge in [0.05, 0.1) is 0 Å². The third-order valence-corrected chi connectivity index (χ3v) is 4.40. The molecule has 2 heterocycles. The lowest BCUT2D eigenvalue weighted by Crippen LogP contribution is -2.42. The summed E-state index contributed by atoms with van der Waals surface area (Å²) >= 11 is 0. The maximum atomic E-state index is 4.25. The highest BCUT2D eigenvalue weighted by molar-refractivity contribution is 4.87. The van der Waals surface area contributed by atoms with Crippen LogP contribution in [0.4, 0.5) is 0 Å². The van der Waals surface area contributed by atoms with Gasteiger partial charge in [-0.05, 0) is 58.3 Å². The summed E-state index contributed by atoms with van der Waals surface area (Å²) in [5, 5.41) is 3.69. The molecule has 0 aromatic carbocycles. The summed E-state index contributed by atoms with van der Waals surface area (Å²) < 4.78 is 0. The molecule has 0 spiro atoms. The van der Waals surface area contributed by atoms with Gasteiger partial charge in [-0.3, -0.25) is 0 Å². The van der Waals surface area contributed by atoms with Gasteiger partial charge < -0.3 is 15.2 Å². The Hall–Kier alpha value is -0.870. The van der Waals surface area contributed by atoms with Crippen LogP contribution in [0.1, 0.15) is 38.9 Å². The predicted octanol–water partition coefficient (Wildman–Crippen LogP) is 2.05. The quantitative estimate of drug-likeness (QED) is 0.741. The summed E-state index contributed by atoms with van der Waals surface area (Å²) in [5.41, 5.74) is 0. The van der Waals surface area contributed by atoms with E-state index in [2.05, 4.69) is 34.0 Å². The molecular weight excluding hydrogens is 236 g/mol. The summed E-state index contributed by atoms with van der Waals surface area (Å²) in [6.45, 7) is 9.46. The van der Waals surface area contributed by atoms with E-state index in [9.17, 15) is 0 Å². The number of imidazole rings is 1. The van der Waals surface area contributed by atoms with E-state index >= 15 is 0 Å². The van der Waals surface area contributed by atoms with Gasteiger partial charge in [-0.15, -0.1) is 0 Å². The molecule has 2 rings (SSSR count). The number of nitrogens with one attached hydrogen (secondary N) is 2. The van der Waals surface area contributed by atoms with Gasteiger partial charge in [0, 0.05) is 24.9 Å². The van der Waals surface area contributed by atoms with Crippen LogP contribution in [0, 0.1) is 5.92 Å². The Kier molecular flexibility index (Phi) is 5.86. The fraction of sp³-hybridized carbons (Fsp3) is 0.800. The Labute approximate surface area is 117 Å². The van der Waals surface area contributed by atoms with Gasteiger partial charge in [0.25, 0.3) is 0 Å². The molecule has 0 bridgehead atoms. The zero-order valence-corrected chi connectivity index (χ0v) is 12.4. The van der Waals surface area contributed by atoms with Crippen molar-refractivity contribution in [3.63, 3.8) is 0 Å². The highest BCUT2D eigenvalue weighted by Gasteiger charge is 2.22. The molecule has 1 unspecified atom stereocenters. The van der Waals surface area contributed by atoms with Crippen LogP contribution >= 0.6 is 0 Å². The second-order valence-corrected chi connectivity index (χ2v) is 5.65. The van der Waals surface area contributed by atoms with Gasteiger partial charge >= 0.3 is 0 Å². The van der Waals surface area contributed by atoms with Crippen molar-refractivity contribution in [2.45, 2.75) is 45.6 Å². The molecule has 0 radical (unpaired) electrons. The highest BCUT2D eigenvalue weighted by Crippen LogP contribution is 2.20. The minimum absolute atomic E-state index is 0.649. The number of hydrogen-bond donors (Lipinski definition) is 2. The number of likely N-dealkylation sites (tertiary alicyclic amines) is 1. The van der Waals surface area contributed by atoms with Crippen LogP contribution in [0.3, 0.4) is 0 Å². The summed E-state index contributed by atoms with van der Waals surface area (Å²) in [4.78, 5) is 9.96. The van der Waals surface area contributed by atoms with Crippen molar-refractivity contribution < 1.29 is 0 Å². The van der Waals surface area contributed by atoms with E-state index in [1.807, 2.05) is 12.4 Å². The monoisotopic (exact) mass is 264 g/mol. The minimum Gasteiger partial charge on any atom is -0.349 e. The first-order valence-electron chi connectivity index (χ1n) is 7.73. The first-order chi connectivity index (χ1) is 9.29. The van der Waals surface area contributed by atoms with Gasteiger partial charge in [0.15, 0.2) is 0 Å². The van der Waals surface area contributed by atoms with E-state index in [4.69, 9.17) is 0 Å². The molecule has 2 N–H and O–H groups in total. The second-order valence-electron chi connectivity index (χ2n) is 5.65. The van der Waals surface area contributed by atoms with Crippen LogP contribution in [0.2, 0.25) is 0 Å². The largest absolute Gasteiger partial charge is 0.349 e. The van der Waals surface area contributed by atoms with Gasteiger partial charge in [-0.2, -0.15) is 0 Å². The van der Waals surface area contributed by atoms with Gasteiger partial charge in [-0.1, -0.05) is 6.92 Å². The predicted molar refractivity (Wildman–Crippen MR) is 79.2 cm³/mol. The van der Waals surface area contributed by atoms with Gasteiger partial charge in [0.2, 0.25) is 0 Å². The van der Waals surface area contributed by atoms with E-state index in [0.717, 1.165) is 31.1 Å². The standard InChI is InChI=1S/C15H28N4/c1-3-19-11-6-14(7-12-19)13(2)16-8-4-5-15-17-9-10-18-15/h9-10,13-14,16H,3-8,11-12H2,1-2H3,(H,17,18). The van der Waals surface area contributed by atoms with Crippen LogP contribution < -0.4 is 5.32 Å². The van der Waals surface area contributed by atoms with Crippen LogP contribution in [0.5, 0.6) is 0 Å². The van der Waals surface area contributed by atoms with Crippen molar-refractivity contribution in [2.75, 3.05) is 26.2 Å². The molecule has 0 amide bonds. The molecule has 1 aliphatic heterocycles. The van der Waals surface area contributed by atoms with Gasteiger partial charge in [-0.25, -0.2) is 4.98 Å². The van der Waals surface area contributed by atoms with Crippen molar-refractivity contribution in [1.82, 2.24) is 20.2 Å². The molecule has 1 aromatic heterocycles. The Morgan fingerprint density at radius 3 is 2.89 bits per heavy atom. The van der Waals surface area contributed by atoms with Gasteiger partial charge in [0.1, 0.15) is 5.82 Å². The summed E-state index contributed by atoms with van der Waals surface area (Å²) in [7, 11) is 0. The van der Waals surface area contributed by atoms with Crippen LogP contribution in [-0.2, 0) is 6.42 Å². The molecule has 108 valence electrons. The van der Waals surface area contributed by atoms with Crippen LogP contribution in [0.15, 0.2) is 12.4 Å². The summed E-state index contributed by atoms with van der Waals surface area (Å²) in [6.07, 6.45) is 8.62. The number of aromatic nitrogens is 2. The van der Waals surface area contributed by atoms with E-state index < -0.39 is 0 Å². The molecule has 1 fully saturated rings. The zero-order valence-electron chi connectivity index (χ0n) is 12.4. The number of aryl methyl sites for hydroxylation is 1. The van der Waals surface area contributed by atoms with Crippen molar-refractivity contribution in [1.29, 1.82) is 0 Å². The SMILES string of the molecule is CCN1CCC(C(C)NCCCc2ncc[nH]2)CC1. The highest BCUT2D eigenvalue weighted by atomic mass is 15.1. The molecule has 4 heteroatoms. The smallest absolute Gasteiger partial charge is 0.106 e. The molecule has 1 aliphatic rings. The number of aromatic amines is 1. The minimum atomic E-state index is 0.649. The van der Waals surface area contributed by atoms with E-state index in [-0.39, 0.29) is 0 Å². The molecule has 1 saturated heterocycles. The first-order valence-corrected chi connectivity index (χ1v) is 7.73. The molecular formula is C15H28N4. The molecule has 0 aliphatic carbocycles. The van der Waals surface area contributed by atoms with Crippen molar-refractivity contribution in [3.8, 4) is 0 Å². The van der Waals surface area contributed by atoms with E-state index in [1.165, 1.54) is 32.5 Å². The maximum Gasteiger partial charge on any atom is 0.106 e. The number of hydrogen-bond acceptors (Lipinski definition) is 3. The van der Waals surface area contributed by atoms with Crippen molar-refractivity contribution in [3.05, 3.63) is 18.2 Å². The summed E-state index contributed by atoms with van der Waals surface area (Å²) in [5.74, 6) is 1.96. The molecule has 19 heavy (non-hydrogen) atoms. The maximum absolute atomic E-state index is 4.25. The number of rotatable bonds is 7. The molecule has 4 nitrogen and oxygen atoms in total. The van der Waals surface area contributed by atoms with Crippen LogP contribution in [-0.4, -0.2) is 47.1 Å². The number of nitrogens with zero attached hydrogens (tertiary/aromatic N) is 2. The average Bonchev–Trinajstić information content (AvgIpc) is 2.96.